The summed E-state index contributed by atoms with van der Waals surface area (Å²) in [6, 6.07) is 7.58. The van der Waals surface area contributed by atoms with Gasteiger partial charge >= 0.3 is 0 Å². The van der Waals surface area contributed by atoms with Crippen molar-refractivity contribution in [2.45, 2.75) is 12.1 Å². The minimum atomic E-state index is -0.171. The summed E-state index contributed by atoms with van der Waals surface area (Å²) in [6.45, 7) is 1.12. The maximum Gasteiger partial charge on any atom is 0.123 e. The predicted molar refractivity (Wildman–Crippen MR) is 71.9 cm³/mol. The molecule has 0 aromatic heterocycles. The Labute approximate surface area is 107 Å². The second kappa shape index (κ2) is 5.85. The van der Waals surface area contributed by atoms with Gasteiger partial charge < -0.3 is 5.32 Å². The highest BCUT2D eigenvalue weighted by Gasteiger charge is 2.27. The number of rotatable bonds is 3. The van der Waals surface area contributed by atoms with Gasteiger partial charge in [-0.2, -0.15) is 11.8 Å². The molecule has 1 fully saturated rings. The molecule has 1 aliphatic rings. The maximum atomic E-state index is 12.9. The Morgan fingerprint density at radius 1 is 1.41 bits per heavy atom. The van der Waals surface area contributed by atoms with Crippen LogP contribution in [0.4, 0.5) is 4.39 Å². The van der Waals surface area contributed by atoms with Gasteiger partial charge in [-0.3, -0.25) is 4.90 Å². The largest absolute Gasteiger partial charge is 0.312 e. The van der Waals surface area contributed by atoms with E-state index in [-0.39, 0.29) is 11.9 Å². The summed E-state index contributed by atoms with van der Waals surface area (Å²) >= 11 is 1.99. The number of hydrogen-bond acceptors (Lipinski definition) is 3. The molecule has 0 aliphatic carbocycles. The smallest absolute Gasteiger partial charge is 0.123 e. The van der Waals surface area contributed by atoms with E-state index in [2.05, 4.69) is 17.3 Å². The van der Waals surface area contributed by atoms with Crippen LogP contribution >= 0.6 is 11.8 Å². The molecule has 1 aliphatic heterocycles. The molecule has 1 aromatic carbocycles. The Balaban J connectivity index is 2.17. The Morgan fingerprint density at radius 3 is 2.71 bits per heavy atom. The quantitative estimate of drug-likeness (QED) is 0.889. The fourth-order valence-corrected chi connectivity index (χ4v) is 3.58. The second-order valence-corrected chi connectivity index (χ2v) is 5.59. The van der Waals surface area contributed by atoms with Gasteiger partial charge in [-0.05, 0) is 31.8 Å². The van der Waals surface area contributed by atoms with Gasteiger partial charge in [0.1, 0.15) is 5.82 Å². The molecule has 2 atom stereocenters. The topological polar surface area (TPSA) is 15.3 Å². The molecule has 0 amide bonds. The van der Waals surface area contributed by atoms with Crippen LogP contribution < -0.4 is 5.32 Å². The van der Waals surface area contributed by atoms with Crippen LogP contribution in [0.2, 0.25) is 0 Å². The number of hydrogen-bond donors (Lipinski definition) is 1. The third-order valence-corrected chi connectivity index (χ3v) is 4.42. The van der Waals surface area contributed by atoms with Crippen LogP contribution in [0.3, 0.4) is 0 Å². The molecule has 1 N–H and O–H groups in total. The number of thioether (sulfide) groups is 1. The van der Waals surface area contributed by atoms with Gasteiger partial charge in [0.25, 0.3) is 0 Å². The van der Waals surface area contributed by atoms with Gasteiger partial charge in [-0.25, -0.2) is 4.39 Å². The molecule has 94 valence electrons. The third kappa shape index (κ3) is 3.00. The van der Waals surface area contributed by atoms with Gasteiger partial charge in [-0.1, -0.05) is 12.1 Å². The zero-order valence-electron chi connectivity index (χ0n) is 10.3. The van der Waals surface area contributed by atoms with Crippen LogP contribution in [0.25, 0.3) is 0 Å². The number of nitrogens with one attached hydrogen (secondary N) is 1. The minimum Gasteiger partial charge on any atom is -0.312 e. The molecule has 17 heavy (non-hydrogen) atoms. The number of benzene rings is 1. The molecule has 4 heteroatoms. The average molecular weight is 254 g/mol. The maximum absolute atomic E-state index is 12.9. The van der Waals surface area contributed by atoms with E-state index in [0.29, 0.717) is 6.04 Å². The first-order chi connectivity index (χ1) is 8.22. The highest BCUT2D eigenvalue weighted by Crippen LogP contribution is 2.26. The fourth-order valence-electron chi connectivity index (χ4n) is 2.31. The third-order valence-electron chi connectivity index (χ3n) is 3.37. The summed E-state index contributed by atoms with van der Waals surface area (Å²) in [4.78, 5) is 2.39. The zero-order valence-corrected chi connectivity index (χ0v) is 11.1. The van der Waals surface area contributed by atoms with Crippen LogP contribution in [0.15, 0.2) is 24.3 Å². The van der Waals surface area contributed by atoms with Crippen LogP contribution in [0.5, 0.6) is 0 Å². The molecular weight excluding hydrogens is 235 g/mol. The van der Waals surface area contributed by atoms with Crippen molar-refractivity contribution in [1.29, 1.82) is 0 Å². The molecule has 0 radical (unpaired) electrons. The second-order valence-electron chi connectivity index (χ2n) is 4.44. The molecule has 2 unspecified atom stereocenters. The van der Waals surface area contributed by atoms with Gasteiger partial charge in [0, 0.05) is 30.1 Å². The van der Waals surface area contributed by atoms with Crippen LogP contribution in [0.1, 0.15) is 11.6 Å². The number of nitrogens with zero attached hydrogens (tertiary/aromatic N) is 1. The highest BCUT2D eigenvalue weighted by molar-refractivity contribution is 7.99. The lowest BCUT2D eigenvalue weighted by atomic mass is 9.99. The van der Waals surface area contributed by atoms with E-state index in [9.17, 15) is 4.39 Å². The van der Waals surface area contributed by atoms with E-state index in [0.717, 1.165) is 17.9 Å². The van der Waals surface area contributed by atoms with Crippen molar-refractivity contribution in [2.24, 2.45) is 0 Å². The zero-order chi connectivity index (χ0) is 12.3. The van der Waals surface area contributed by atoms with E-state index in [1.54, 1.807) is 0 Å². The van der Waals surface area contributed by atoms with Crippen molar-refractivity contribution in [3.63, 3.8) is 0 Å². The van der Waals surface area contributed by atoms with Gasteiger partial charge in [0.05, 0.1) is 0 Å². The Hall–Kier alpha value is -0.580. The summed E-state index contributed by atoms with van der Waals surface area (Å²) < 4.78 is 12.9. The predicted octanol–water partition coefficient (Wildman–Crippen LogP) is 2.13. The summed E-state index contributed by atoms with van der Waals surface area (Å²) in [5.41, 5.74) is 1.16. The Kier molecular flexibility index (Phi) is 4.42. The molecule has 2 nitrogen and oxygen atoms in total. The SMILES string of the molecule is CNC(c1ccc(F)cc1)C1CSCCN1C. The lowest BCUT2D eigenvalue weighted by Crippen LogP contribution is -2.47. The Morgan fingerprint density at radius 2 is 2.12 bits per heavy atom. The first-order valence-corrected chi connectivity index (χ1v) is 7.08. The van der Waals surface area contributed by atoms with Gasteiger partial charge in [0.15, 0.2) is 0 Å². The molecule has 1 heterocycles. The normalized spacial score (nSPS) is 23.6. The van der Waals surface area contributed by atoms with Crippen molar-refractivity contribution in [3.8, 4) is 0 Å². The summed E-state index contributed by atoms with van der Waals surface area (Å²) in [5, 5.41) is 3.36. The first-order valence-electron chi connectivity index (χ1n) is 5.93. The van der Waals surface area contributed by atoms with Crippen LogP contribution in [-0.2, 0) is 0 Å². The van der Waals surface area contributed by atoms with Gasteiger partial charge in [-0.15, -0.1) is 0 Å². The monoisotopic (exact) mass is 254 g/mol. The fraction of sp³-hybridized carbons (Fsp3) is 0.538. The molecule has 0 spiro atoms. The highest BCUT2D eigenvalue weighted by atomic mass is 32.2. The summed E-state index contributed by atoms with van der Waals surface area (Å²) in [6.07, 6.45) is 0. The van der Waals surface area contributed by atoms with E-state index < -0.39 is 0 Å². The van der Waals surface area contributed by atoms with Crippen molar-refractivity contribution in [1.82, 2.24) is 10.2 Å². The molecule has 0 bridgehead atoms. The van der Waals surface area contributed by atoms with Crippen molar-refractivity contribution in [3.05, 3.63) is 35.6 Å². The first kappa shape index (κ1) is 12.9. The molecule has 1 saturated heterocycles. The Bertz CT molecular complexity index is 355. The van der Waals surface area contributed by atoms with Crippen molar-refractivity contribution < 1.29 is 4.39 Å². The number of likely N-dealkylation sites (N-methyl/N-ethyl adjacent to an activating group) is 2. The molecule has 1 aromatic rings. The van der Waals surface area contributed by atoms with Crippen LogP contribution in [0, 0.1) is 5.82 Å². The number of halogens is 1. The van der Waals surface area contributed by atoms with E-state index in [1.165, 1.54) is 17.9 Å². The van der Waals surface area contributed by atoms with E-state index in [4.69, 9.17) is 0 Å². The van der Waals surface area contributed by atoms with Crippen molar-refractivity contribution in [2.75, 3.05) is 32.1 Å². The molecule has 0 saturated carbocycles. The lowest BCUT2D eigenvalue weighted by molar-refractivity contribution is 0.221. The average Bonchev–Trinajstić information content (AvgIpc) is 2.35. The summed E-state index contributed by atoms with van der Waals surface area (Å²) in [7, 11) is 4.14. The van der Waals surface area contributed by atoms with Crippen LogP contribution in [-0.4, -0.2) is 43.1 Å². The molecule has 2 rings (SSSR count). The standard InChI is InChI=1S/C13H19FN2S/c1-15-13(10-3-5-11(14)6-4-10)12-9-17-8-7-16(12)2/h3-6,12-13,15H,7-9H2,1-2H3. The lowest BCUT2D eigenvalue weighted by Gasteiger charge is -2.37. The van der Waals surface area contributed by atoms with E-state index >= 15 is 0 Å². The molecular formula is C13H19FN2S. The van der Waals surface area contributed by atoms with Crippen molar-refractivity contribution >= 4 is 11.8 Å². The minimum absolute atomic E-state index is 0.171. The van der Waals surface area contributed by atoms with E-state index in [1.807, 2.05) is 30.9 Å². The summed E-state index contributed by atoms with van der Waals surface area (Å²) in [5.74, 6) is 2.15. The van der Waals surface area contributed by atoms with Gasteiger partial charge in [0.2, 0.25) is 0 Å².